The van der Waals surface area contributed by atoms with Gasteiger partial charge in [-0.25, -0.2) is 0 Å². The Morgan fingerprint density at radius 1 is 1.91 bits per heavy atom. The van der Waals surface area contributed by atoms with E-state index in [4.69, 9.17) is 15.9 Å². The number of rotatable bonds is 3. The maximum atomic E-state index is 5.29. The van der Waals surface area contributed by atoms with E-state index in [1.165, 1.54) is 0 Å². The molecule has 3 heteroatoms. The first-order valence-corrected chi connectivity index (χ1v) is 4.56. The molecular weight excluding hydrogens is 255 g/mol. The average Bonchev–Trinajstić information content (AvgIpc) is 1.96. The van der Waals surface area contributed by atoms with Gasteiger partial charge in [0.1, 0.15) is 6.61 Å². The van der Waals surface area contributed by atoms with Crippen molar-refractivity contribution in [2.75, 3.05) is 19.8 Å². The summed E-state index contributed by atoms with van der Waals surface area (Å²) in [6.07, 6.45) is 5.24. The molecule has 0 amide bonds. The molecule has 62 valence electrons. The van der Waals surface area contributed by atoms with Crippen LogP contribution in [0, 0.1) is 12.3 Å². The van der Waals surface area contributed by atoms with Crippen LogP contribution in [-0.4, -0.2) is 29.3 Å². The van der Waals surface area contributed by atoms with Crippen molar-refractivity contribution in [3.8, 4) is 12.3 Å². The Hall–Kier alpha value is 0.210. The molecule has 11 heavy (non-hydrogen) atoms. The van der Waals surface area contributed by atoms with Gasteiger partial charge >= 0.3 is 0 Å². The normalized spacial score (nSPS) is 35.9. The molecule has 1 aliphatic rings. The molecule has 0 aliphatic carbocycles. The Morgan fingerprint density at radius 2 is 2.64 bits per heavy atom. The molecule has 0 aromatic carbocycles. The van der Waals surface area contributed by atoms with E-state index in [2.05, 4.69) is 35.4 Å². The van der Waals surface area contributed by atoms with Crippen molar-refractivity contribution >= 4 is 22.6 Å². The lowest BCUT2D eigenvalue weighted by Gasteiger charge is -2.42. The highest BCUT2D eigenvalue weighted by molar-refractivity contribution is 14.1. The Kier molecular flexibility index (Phi) is 3.16. The molecule has 1 rings (SSSR count). The highest BCUT2D eigenvalue weighted by atomic mass is 127. The number of halogens is 1. The van der Waals surface area contributed by atoms with Crippen molar-refractivity contribution in [2.45, 2.75) is 16.4 Å². The van der Waals surface area contributed by atoms with Gasteiger partial charge in [-0.1, -0.05) is 28.5 Å². The van der Waals surface area contributed by atoms with E-state index in [9.17, 15) is 0 Å². The average molecular weight is 266 g/mol. The van der Waals surface area contributed by atoms with Crippen LogP contribution < -0.4 is 0 Å². The third-order valence-electron chi connectivity index (χ3n) is 1.69. The molecule has 0 saturated carbocycles. The van der Waals surface area contributed by atoms with E-state index in [0.717, 1.165) is 6.61 Å². The van der Waals surface area contributed by atoms with Crippen molar-refractivity contribution < 1.29 is 9.47 Å². The molecule has 0 aromatic heterocycles. The topological polar surface area (TPSA) is 18.5 Å². The van der Waals surface area contributed by atoms with Gasteiger partial charge in [0.25, 0.3) is 0 Å². The lowest BCUT2D eigenvalue weighted by atomic mass is 10.0. The predicted molar refractivity (Wildman–Crippen MR) is 51.8 cm³/mol. The molecule has 0 bridgehead atoms. The number of hydrogen-bond acceptors (Lipinski definition) is 2. The van der Waals surface area contributed by atoms with Crippen LogP contribution >= 0.6 is 22.6 Å². The molecule has 2 unspecified atom stereocenters. The Morgan fingerprint density at radius 3 is 3.00 bits per heavy atom. The van der Waals surface area contributed by atoms with E-state index < -0.39 is 0 Å². The van der Waals surface area contributed by atoms with Crippen LogP contribution in [0.3, 0.4) is 0 Å². The van der Waals surface area contributed by atoms with Gasteiger partial charge in [-0.15, -0.1) is 6.42 Å². The minimum Gasteiger partial charge on any atom is -0.373 e. The van der Waals surface area contributed by atoms with Crippen LogP contribution in [0.2, 0.25) is 0 Å². The largest absolute Gasteiger partial charge is 0.373 e. The van der Waals surface area contributed by atoms with Gasteiger partial charge in [0.05, 0.1) is 22.7 Å². The zero-order chi connectivity index (χ0) is 8.32. The van der Waals surface area contributed by atoms with Crippen LogP contribution in [0.25, 0.3) is 0 Å². The van der Waals surface area contributed by atoms with Gasteiger partial charge in [0, 0.05) is 0 Å². The first-order chi connectivity index (χ1) is 5.17. The number of alkyl halides is 1. The van der Waals surface area contributed by atoms with Gasteiger partial charge in [-0.2, -0.15) is 0 Å². The maximum absolute atomic E-state index is 5.29. The summed E-state index contributed by atoms with van der Waals surface area (Å²) in [6.45, 7) is 3.97. The number of terminal acetylenes is 1. The van der Waals surface area contributed by atoms with Crippen molar-refractivity contribution in [3.63, 3.8) is 0 Å². The van der Waals surface area contributed by atoms with E-state index in [-0.39, 0.29) is 9.53 Å². The SMILES string of the molecule is C#CCOCC1OCC1(C)I. The summed E-state index contributed by atoms with van der Waals surface area (Å²) in [5, 5.41) is 0. The fourth-order valence-electron chi connectivity index (χ4n) is 0.878. The van der Waals surface area contributed by atoms with Crippen LogP contribution in [0.4, 0.5) is 0 Å². The van der Waals surface area contributed by atoms with Gasteiger partial charge in [0.2, 0.25) is 0 Å². The molecule has 0 aromatic rings. The summed E-state index contributed by atoms with van der Waals surface area (Å²) < 4.78 is 10.7. The fourth-order valence-corrected chi connectivity index (χ4v) is 1.42. The van der Waals surface area contributed by atoms with E-state index >= 15 is 0 Å². The third-order valence-corrected chi connectivity index (χ3v) is 2.70. The standard InChI is InChI=1S/C8H11IO2/c1-3-4-10-5-7-8(2,9)6-11-7/h1,7H,4-6H2,2H3. The summed E-state index contributed by atoms with van der Waals surface area (Å²) >= 11 is 2.38. The van der Waals surface area contributed by atoms with Crippen molar-refractivity contribution in [1.29, 1.82) is 0 Å². The summed E-state index contributed by atoms with van der Waals surface area (Å²) in [5.74, 6) is 2.42. The lowest BCUT2D eigenvalue weighted by molar-refractivity contribution is -0.111. The molecule has 1 aliphatic heterocycles. The van der Waals surface area contributed by atoms with Crippen molar-refractivity contribution in [2.24, 2.45) is 0 Å². The molecule has 2 nitrogen and oxygen atoms in total. The van der Waals surface area contributed by atoms with Crippen molar-refractivity contribution in [3.05, 3.63) is 0 Å². The van der Waals surface area contributed by atoms with Crippen LogP contribution in [0.15, 0.2) is 0 Å². The predicted octanol–water partition coefficient (Wildman–Crippen LogP) is 1.23. The van der Waals surface area contributed by atoms with E-state index in [1.54, 1.807) is 0 Å². The van der Waals surface area contributed by atoms with Crippen LogP contribution in [0.5, 0.6) is 0 Å². The van der Waals surface area contributed by atoms with Crippen LogP contribution in [-0.2, 0) is 9.47 Å². The zero-order valence-corrected chi connectivity index (χ0v) is 8.63. The zero-order valence-electron chi connectivity index (χ0n) is 6.47. The molecule has 1 fully saturated rings. The minimum atomic E-state index is 0.219. The molecular formula is C8H11IO2. The summed E-state index contributed by atoms with van der Waals surface area (Å²) in [7, 11) is 0. The second-order valence-corrected chi connectivity index (χ2v) is 5.26. The maximum Gasteiger partial charge on any atom is 0.107 e. The Balaban J connectivity index is 2.14. The quantitative estimate of drug-likeness (QED) is 0.331. The smallest absolute Gasteiger partial charge is 0.107 e. The summed E-state index contributed by atoms with van der Waals surface area (Å²) in [6, 6.07) is 0. The molecule has 2 atom stereocenters. The second kappa shape index (κ2) is 3.74. The Labute approximate surface area is 80.8 Å². The third kappa shape index (κ3) is 2.32. The van der Waals surface area contributed by atoms with Gasteiger partial charge in [-0.05, 0) is 6.92 Å². The van der Waals surface area contributed by atoms with Gasteiger partial charge in [0.15, 0.2) is 0 Å². The Bertz CT molecular complexity index is 171. The highest BCUT2D eigenvalue weighted by Gasteiger charge is 2.41. The summed E-state index contributed by atoms with van der Waals surface area (Å²) in [5.41, 5.74) is 0. The van der Waals surface area contributed by atoms with Gasteiger partial charge < -0.3 is 9.47 Å². The fraction of sp³-hybridized carbons (Fsp3) is 0.750. The first-order valence-electron chi connectivity index (χ1n) is 3.48. The monoisotopic (exact) mass is 266 g/mol. The van der Waals surface area contributed by atoms with Crippen LogP contribution in [0.1, 0.15) is 6.92 Å². The molecule has 0 N–H and O–H groups in total. The van der Waals surface area contributed by atoms with Crippen molar-refractivity contribution in [1.82, 2.24) is 0 Å². The molecule has 1 heterocycles. The minimum absolute atomic E-state index is 0.219. The summed E-state index contributed by atoms with van der Waals surface area (Å²) in [4.78, 5) is 0. The molecule has 0 spiro atoms. The molecule has 0 radical (unpaired) electrons. The lowest BCUT2D eigenvalue weighted by Crippen LogP contribution is -2.53. The molecule has 1 saturated heterocycles. The highest BCUT2D eigenvalue weighted by Crippen LogP contribution is 2.34. The van der Waals surface area contributed by atoms with E-state index in [0.29, 0.717) is 13.2 Å². The number of ether oxygens (including phenoxy) is 2. The number of hydrogen-bond donors (Lipinski definition) is 0. The van der Waals surface area contributed by atoms with Gasteiger partial charge in [-0.3, -0.25) is 0 Å². The first kappa shape index (κ1) is 9.30. The second-order valence-electron chi connectivity index (χ2n) is 2.80. The van der Waals surface area contributed by atoms with E-state index in [1.807, 2.05) is 0 Å².